The van der Waals surface area contributed by atoms with Crippen LogP contribution >= 0.6 is 11.3 Å². The highest BCUT2D eigenvalue weighted by Crippen LogP contribution is 2.47. The van der Waals surface area contributed by atoms with Gasteiger partial charge in [-0.3, -0.25) is 4.79 Å². The molecule has 0 spiro atoms. The number of thiophene rings is 1. The van der Waals surface area contributed by atoms with Crippen LogP contribution in [0.2, 0.25) is 0 Å². The molecule has 0 atom stereocenters. The van der Waals surface area contributed by atoms with Gasteiger partial charge in [0.1, 0.15) is 0 Å². The van der Waals surface area contributed by atoms with Crippen molar-refractivity contribution in [1.29, 1.82) is 0 Å². The molecule has 0 saturated heterocycles. The summed E-state index contributed by atoms with van der Waals surface area (Å²) in [6.45, 7) is 2.09. The molecule has 1 aromatic heterocycles. The maximum absolute atomic E-state index is 11.0. The SMILES string of the molecule is Cc1ccc2c(C3CC3)c(C=O)sc2c1. The van der Waals surface area contributed by atoms with E-state index < -0.39 is 0 Å². The minimum absolute atomic E-state index is 0.654. The van der Waals surface area contributed by atoms with Gasteiger partial charge < -0.3 is 0 Å². The first-order valence-electron chi connectivity index (χ1n) is 5.28. The predicted octanol–water partition coefficient (Wildman–Crippen LogP) is 3.90. The van der Waals surface area contributed by atoms with Crippen LogP contribution in [-0.4, -0.2) is 6.29 Å². The summed E-state index contributed by atoms with van der Waals surface area (Å²) in [5.41, 5.74) is 2.58. The monoisotopic (exact) mass is 216 g/mol. The van der Waals surface area contributed by atoms with Gasteiger partial charge in [0.2, 0.25) is 0 Å². The highest BCUT2D eigenvalue weighted by molar-refractivity contribution is 7.20. The lowest BCUT2D eigenvalue weighted by Gasteiger charge is -1.97. The number of hydrogen-bond acceptors (Lipinski definition) is 2. The van der Waals surface area contributed by atoms with Gasteiger partial charge in [-0.15, -0.1) is 11.3 Å². The fraction of sp³-hybridized carbons (Fsp3) is 0.308. The summed E-state index contributed by atoms with van der Waals surface area (Å²) in [7, 11) is 0. The van der Waals surface area contributed by atoms with E-state index in [0.717, 1.165) is 11.2 Å². The van der Waals surface area contributed by atoms with E-state index in [1.807, 2.05) is 0 Å². The van der Waals surface area contributed by atoms with Gasteiger partial charge in [0.15, 0.2) is 6.29 Å². The molecule has 2 heteroatoms. The molecule has 1 aliphatic carbocycles. The van der Waals surface area contributed by atoms with Crippen molar-refractivity contribution in [3.8, 4) is 0 Å². The molecule has 0 amide bonds. The van der Waals surface area contributed by atoms with Crippen molar-refractivity contribution in [2.24, 2.45) is 0 Å². The summed E-state index contributed by atoms with van der Waals surface area (Å²) < 4.78 is 1.26. The first kappa shape index (κ1) is 9.10. The number of hydrogen-bond donors (Lipinski definition) is 0. The lowest BCUT2D eigenvalue weighted by Crippen LogP contribution is -1.82. The zero-order chi connectivity index (χ0) is 10.4. The third kappa shape index (κ3) is 1.40. The molecular weight excluding hydrogens is 204 g/mol. The van der Waals surface area contributed by atoms with Crippen molar-refractivity contribution in [2.45, 2.75) is 25.7 Å². The summed E-state index contributed by atoms with van der Waals surface area (Å²) in [6.07, 6.45) is 3.52. The largest absolute Gasteiger partial charge is 0.297 e. The Morgan fingerprint density at radius 3 is 2.87 bits per heavy atom. The molecule has 1 aromatic carbocycles. The molecular formula is C13H12OS. The minimum Gasteiger partial charge on any atom is -0.297 e. The van der Waals surface area contributed by atoms with Crippen LogP contribution in [0.1, 0.15) is 39.6 Å². The Labute approximate surface area is 92.7 Å². The van der Waals surface area contributed by atoms with Gasteiger partial charge >= 0.3 is 0 Å². The molecule has 0 unspecified atom stereocenters. The maximum Gasteiger partial charge on any atom is 0.160 e. The Morgan fingerprint density at radius 1 is 1.40 bits per heavy atom. The first-order chi connectivity index (χ1) is 7.29. The van der Waals surface area contributed by atoms with Crippen LogP contribution in [0.4, 0.5) is 0 Å². The van der Waals surface area contributed by atoms with Crippen molar-refractivity contribution in [2.75, 3.05) is 0 Å². The van der Waals surface area contributed by atoms with Crippen molar-refractivity contribution in [1.82, 2.24) is 0 Å². The second-order valence-electron chi connectivity index (χ2n) is 4.27. The van der Waals surface area contributed by atoms with Crippen molar-refractivity contribution >= 4 is 27.7 Å². The van der Waals surface area contributed by atoms with Crippen LogP contribution in [0.3, 0.4) is 0 Å². The summed E-state index contributed by atoms with van der Waals surface area (Å²) in [5.74, 6) is 0.654. The molecule has 76 valence electrons. The average molecular weight is 216 g/mol. The molecule has 3 rings (SSSR count). The fourth-order valence-corrected chi connectivity index (χ4v) is 3.33. The Balaban J connectivity index is 2.33. The van der Waals surface area contributed by atoms with E-state index in [0.29, 0.717) is 5.92 Å². The number of carbonyl (C=O) groups is 1. The van der Waals surface area contributed by atoms with Crippen molar-refractivity contribution in [3.63, 3.8) is 0 Å². The van der Waals surface area contributed by atoms with E-state index in [-0.39, 0.29) is 0 Å². The van der Waals surface area contributed by atoms with Crippen molar-refractivity contribution < 1.29 is 4.79 Å². The second kappa shape index (κ2) is 3.17. The van der Waals surface area contributed by atoms with Crippen LogP contribution < -0.4 is 0 Å². The van der Waals surface area contributed by atoms with Crippen LogP contribution in [0.5, 0.6) is 0 Å². The number of aryl methyl sites for hydroxylation is 1. The smallest absolute Gasteiger partial charge is 0.160 e. The minimum atomic E-state index is 0.654. The van der Waals surface area contributed by atoms with E-state index in [9.17, 15) is 4.79 Å². The van der Waals surface area contributed by atoms with E-state index in [1.54, 1.807) is 11.3 Å². The fourth-order valence-electron chi connectivity index (χ4n) is 2.12. The quantitative estimate of drug-likeness (QED) is 0.696. The molecule has 1 saturated carbocycles. The number of carbonyl (C=O) groups excluding carboxylic acids is 1. The zero-order valence-corrected chi connectivity index (χ0v) is 9.43. The van der Waals surface area contributed by atoms with Gasteiger partial charge in [-0.05, 0) is 48.3 Å². The van der Waals surface area contributed by atoms with Gasteiger partial charge in [0.25, 0.3) is 0 Å². The molecule has 0 N–H and O–H groups in total. The highest BCUT2D eigenvalue weighted by atomic mass is 32.1. The Kier molecular flexibility index (Phi) is 1.93. The highest BCUT2D eigenvalue weighted by Gasteiger charge is 2.29. The van der Waals surface area contributed by atoms with E-state index in [2.05, 4.69) is 25.1 Å². The van der Waals surface area contributed by atoms with Crippen molar-refractivity contribution in [3.05, 3.63) is 34.2 Å². The Morgan fingerprint density at radius 2 is 2.20 bits per heavy atom. The van der Waals surface area contributed by atoms with E-state index in [4.69, 9.17) is 0 Å². The standard InChI is InChI=1S/C13H12OS/c1-8-2-5-10-11(6-8)15-12(7-14)13(10)9-3-4-9/h2,5-7,9H,3-4H2,1H3. The molecule has 1 nitrogen and oxygen atoms in total. The molecule has 0 bridgehead atoms. The average Bonchev–Trinajstić information content (AvgIpc) is 2.99. The molecule has 15 heavy (non-hydrogen) atoms. The number of aldehydes is 1. The Bertz CT molecular complexity index is 535. The second-order valence-corrected chi connectivity index (χ2v) is 5.36. The lowest BCUT2D eigenvalue weighted by atomic mass is 10.1. The normalized spacial score (nSPS) is 15.8. The van der Waals surface area contributed by atoms with Gasteiger partial charge in [0, 0.05) is 4.70 Å². The number of rotatable bonds is 2. The molecule has 1 aliphatic rings. The summed E-state index contributed by atoms with van der Waals surface area (Å²) in [4.78, 5) is 12.0. The maximum atomic E-state index is 11.0. The van der Waals surface area contributed by atoms with Gasteiger partial charge in [-0.2, -0.15) is 0 Å². The van der Waals surface area contributed by atoms with Gasteiger partial charge in [-0.25, -0.2) is 0 Å². The number of fused-ring (bicyclic) bond motifs is 1. The molecule has 0 aliphatic heterocycles. The molecule has 1 fully saturated rings. The Hall–Kier alpha value is -1.15. The summed E-state index contributed by atoms with van der Waals surface area (Å²) >= 11 is 1.64. The molecule has 1 heterocycles. The van der Waals surface area contributed by atoms with Crippen LogP contribution in [0, 0.1) is 6.92 Å². The third-order valence-electron chi connectivity index (χ3n) is 3.01. The van der Waals surface area contributed by atoms with E-state index >= 15 is 0 Å². The lowest BCUT2D eigenvalue weighted by molar-refractivity contribution is 0.112. The van der Waals surface area contributed by atoms with E-state index in [1.165, 1.54) is 34.1 Å². The zero-order valence-electron chi connectivity index (χ0n) is 8.62. The van der Waals surface area contributed by atoms with Gasteiger partial charge in [0.05, 0.1) is 4.88 Å². The third-order valence-corrected chi connectivity index (χ3v) is 4.10. The summed E-state index contributed by atoms with van der Waals surface area (Å²) in [6, 6.07) is 6.48. The van der Waals surface area contributed by atoms with Crippen LogP contribution in [0.15, 0.2) is 18.2 Å². The molecule has 0 radical (unpaired) electrons. The topological polar surface area (TPSA) is 17.1 Å². The van der Waals surface area contributed by atoms with Crippen LogP contribution in [-0.2, 0) is 0 Å². The number of benzene rings is 1. The summed E-state index contributed by atoms with van der Waals surface area (Å²) in [5, 5.41) is 1.30. The van der Waals surface area contributed by atoms with Crippen LogP contribution in [0.25, 0.3) is 10.1 Å². The van der Waals surface area contributed by atoms with Gasteiger partial charge in [-0.1, -0.05) is 12.1 Å². The molecule has 2 aromatic rings. The predicted molar refractivity (Wildman–Crippen MR) is 63.9 cm³/mol. The first-order valence-corrected chi connectivity index (χ1v) is 6.09.